The van der Waals surface area contributed by atoms with E-state index in [1.54, 1.807) is 6.08 Å². The number of benzene rings is 1. The van der Waals surface area contributed by atoms with Crippen molar-refractivity contribution in [2.75, 3.05) is 13.7 Å². The first-order chi connectivity index (χ1) is 10.9. The van der Waals surface area contributed by atoms with Crippen LogP contribution < -0.4 is 10.5 Å². The summed E-state index contributed by atoms with van der Waals surface area (Å²) in [7, 11) is 1.35. The zero-order chi connectivity index (χ0) is 16.6. The molecule has 0 unspecified atom stereocenters. The van der Waals surface area contributed by atoms with E-state index in [-0.39, 0.29) is 17.9 Å². The Bertz CT molecular complexity index is 730. The summed E-state index contributed by atoms with van der Waals surface area (Å²) in [6.07, 6.45) is -0.336. The fraction of sp³-hybridized carbons (Fsp3) is 0.353. The van der Waals surface area contributed by atoms with E-state index >= 15 is 0 Å². The van der Waals surface area contributed by atoms with Crippen LogP contribution in [0.4, 0.5) is 13.2 Å². The van der Waals surface area contributed by atoms with E-state index in [4.69, 9.17) is 10.5 Å². The highest BCUT2D eigenvalue weighted by molar-refractivity contribution is 6.15. The largest absolute Gasteiger partial charge is 0.497 e. The lowest BCUT2D eigenvalue weighted by atomic mass is 9.94. The quantitative estimate of drug-likeness (QED) is 0.899. The van der Waals surface area contributed by atoms with Gasteiger partial charge in [0.25, 0.3) is 0 Å². The first-order valence-corrected chi connectivity index (χ1v) is 7.40. The highest BCUT2D eigenvalue weighted by Crippen LogP contribution is 2.39. The monoisotopic (exact) mass is 322 g/mol. The van der Waals surface area contributed by atoms with E-state index in [0.717, 1.165) is 30.1 Å². The molecule has 0 amide bonds. The molecule has 2 N–H and O–H groups in total. The molecule has 1 aromatic rings. The average molecular weight is 322 g/mol. The van der Waals surface area contributed by atoms with Gasteiger partial charge in [-0.05, 0) is 54.7 Å². The van der Waals surface area contributed by atoms with Crippen molar-refractivity contribution >= 4 is 5.71 Å². The van der Waals surface area contributed by atoms with Crippen molar-refractivity contribution in [1.82, 2.24) is 0 Å². The molecule has 122 valence electrons. The number of rotatable bonds is 2. The second-order valence-electron chi connectivity index (χ2n) is 5.57. The van der Waals surface area contributed by atoms with Gasteiger partial charge in [-0.3, -0.25) is 4.99 Å². The van der Waals surface area contributed by atoms with Gasteiger partial charge in [-0.15, -0.1) is 0 Å². The van der Waals surface area contributed by atoms with Crippen LogP contribution in [0.1, 0.15) is 30.4 Å². The Labute approximate surface area is 132 Å². The van der Waals surface area contributed by atoms with Crippen LogP contribution in [-0.4, -0.2) is 19.4 Å². The van der Waals surface area contributed by atoms with E-state index in [2.05, 4.69) is 4.99 Å². The van der Waals surface area contributed by atoms with Gasteiger partial charge < -0.3 is 10.5 Å². The number of nitrogens with two attached hydrogens (primary N) is 1. The molecule has 0 bridgehead atoms. The summed E-state index contributed by atoms with van der Waals surface area (Å²) in [5.41, 5.74) is 8.20. The first-order valence-electron chi connectivity index (χ1n) is 7.40. The summed E-state index contributed by atoms with van der Waals surface area (Å²) in [5.74, 6) is 0.175. The van der Waals surface area contributed by atoms with Gasteiger partial charge in [0.1, 0.15) is 5.75 Å². The van der Waals surface area contributed by atoms with Crippen LogP contribution >= 0.6 is 0 Å². The lowest BCUT2D eigenvalue weighted by Gasteiger charge is -2.17. The zero-order valence-corrected chi connectivity index (χ0v) is 12.7. The Morgan fingerprint density at radius 2 is 1.91 bits per heavy atom. The molecule has 2 aliphatic rings. The Kier molecular flexibility index (Phi) is 3.92. The molecule has 0 fully saturated rings. The van der Waals surface area contributed by atoms with E-state index in [0.29, 0.717) is 17.8 Å². The van der Waals surface area contributed by atoms with Crippen molar-refractivity contribution < 1.29 is 17.9 Å². The normalized spacial score (nSPS) is 18.3. The fourth-order valence-corrected chi connectivity index (χ4v) is 3.12. The average Bonchev–Trinajstić information content (AvgIpc) is 2.94. The molecule has 0 saturated carbocycles. The minimum Gasteiger partial charge on any atom is -0.497 e. The third-order valence-electron chi connectivity index (χ3n) is 4.20. The van der Waals surface area contributed by atoms with Crippen molar-refractivity contribution in [2.24, 2.45) is 10.7 Å². The molecule has 1 heterocycles. The van der Waals surface area contributed by atoms with Crippen molar-refractivity contribution in [1.29, 1.82) is 0 Å². The summed E-state index contributed by atoms with van der Waals surface area (Å²) in [6, 6.07) is 3.99. The van der Waals surface area contributed by atoms with Gasteiger partial charge in [0.2, 0.25) is 0 Å². The van der Waals surface area contributed by atoms with Crippen LogP contribution in [0, 0.1) is 0 Å². The van der Waals surface area contributed by atoms with E-state index < -0.39 is 11.7 Å². The lowest BCUT2D eigenvalue weighted by molar-refractivity contribution is -0.137. The Hall–Kier alpha value is -2.24. The number of methoxy groups -OCH3 is 1. The van der Waals surface area contributed by atoms with Crippen LogP contribution in [0.2, 0.25) is 0 Å². The predicted molar refractivity (Wildman–Crippen MR) is 82.5 cm³/mol. The smallest absolute Gasteiger partial charge is 0.417 e. The topological polar surface area (TPSA) is 47.6 Å². The highest BCUT2D eigenvalue weighted by Gasteiger charge is 2.36. The van der Waals surface area contributed by atoms with Crippen molar-refractivity contribution in [2.45, 2.75) is 25.4 Å². The molecule has 0 aromatic heterocycles. The van der Waals surface area contributed by atoms with Gasteiger partial charge in [0.05, 0.1) is 24.9 Å². The number of hydrogen-bond acceptors (Lipinski definition) is 3. The second-order valence-corrected chi connectivity index (χ2v) is 5.57. The number of nitrogens with zero attached hydrogens (tertiary/aromatic N) is 1. The van der Waals surface area contributed by atoms with E-state index in [1.165, 1.54) is 19.2 Å². The van der Waals surface area contributed by atoms with Crippen molar-refractivity contribution in [3.8, 4) is 5.75 Å². The predicted octanol–water partition coefficient (Wildman–Crippen LogP) is 3.84. The maximum atomic E-state index is 13.5. The summed E-state index contributed by atoms with van der Waals surface area (Å²) < 4.78 is 45.4. The molecule has 1 aliphatic heterocycles. The third-order valence-corrected chi connectivity index (χ3v) is 4.20. The number of allylic oxidation sites excluding steroid dienone is 2. The second kappa shape index (κ2) is 5.76. The van der Waals surface area contributed by atoms with Gasteiger partial charge in [-0.25, -0.2) is 0 Å². The Morgan fingerprint density at radius 1 is 1.17 bits per heavy atom. The molecule has 0 saturated heterocycles. The molecular formula is C17H17F3N2O. The highest BCUT2D eigenvalue weighted by atomic mass is 19.4. The van der Waals surface area contributed by atoms with Crippen LogP contribution in [0.5, 0.6) is 5.75 Å². The maximum Gasteiger partial charge on any atom is 0.417 e. The summed E-state index contributed by atoms with van der Waals surface area (Å²) in [4.78, 5) is 4.38. The van der Waals surface area contributed by atoms with Gasteiger partial charge in [0, 0.05) is 11.3 Å². The minimum absolute atomic E-state index is 0.0933. The van der Waals surface area contributed by atoms with Gasteiger partial charge in [-0.1, -0.05) is 0 Å². The maximum absolute atomic E-state index is 13.5. The van der Waals surface area contributed by atoms with Crippen molar-refractivity contribution in [3.05, 3.63) is 52.2 Å². The number of ether oxygens (including phenoxy) is 1. The van der Waals surface area contributed by atoms with E-state index in [1.807, 2.05) is 0 Å². The SMILES string of the molecule is COc1ccc(C2=NCC=C(N)C3=C2CCC3)c(C(F)(F)F)c1. The Morgan fingerprint density at radius 3 is 2.61 bits per heavy atom. The lowest BCUT2D eigenvalue weighted by Crippen LogP contribution is -2.16. The standard InChI is InChI=1S/C17H17F3N2O/c1-23-10-5-6-13(14(9-10)17(18,19)20)16-12-4-2-3-11(12)15(21)7-8-22-16/h5-7,9H,2-4,8,21H2,1H3. The third kappa shape index (κ3) is 2.85. The molecular weight excluding hydrogens is 305 g/mol. The van der Waals surface area contributed by atoms with Crippen LogP contribution in [-0.2, 0) is 6.18 Å². The van der Waals surface area contributed by atoms with Gasteiger partial charge in [0.15, 0.2) is 0 Å². The fourth-order valence-electron chi connectivity index (χ4n) is 3.12. The summed E-state index contributed by atoms with van der Waals surface area (Å²) in [6.45, 7) is 0.289. The number of aliphatic imine (C=N–C) groups is 1. The molecule has 0 radical (unpaired) electrons. The number of alkyl halides is 3. The van der Waals surface area contributed by atoms with E-state index in [9.17, 15) is 13.2 Å². The Balaban J connectivity index is 2.17. The van der Waals surface area contributed by atoms with Crippen LogP contribution in [0.3, 0.4) is 0 Å². The molecule has 6 heteroatoms. The zero-order valence-electron chi connectivity index (χ0n) is 12.7. The molecule has 3 nitrogen and oxygen atoms in total. The molecule has 1 aliphatic carbocycles. The van der Waals surface area contributed by atoms with Gasteiger partial charge >= 0.3 is 6.18 Å². The number of halogens is 3. The van der Waals surface area contributed by atoms with Crippen molar-refractivity contribution in [3.63, 3.8) is 0 Å². The van der Waals surface area contributed by atoms with Crippen LogP contribution in [0.25, 0.3) is 0 Å². The summed E-state index contributed by atoms with van der Waals surface area (Å²) in [5, 5.41) is 0. The number of hydrogen-bond donors (Lipinski definition) is 1. The molecule has 0 spiro atoms. The minimum atomic E-state index is -4.48. The molecule has 23 heavy (non-hydrogen) atoms. The molecule has 3 rings (SSSR count). The van der Waals surface area contributed by atoms with Gasteiger partial charge in [-0.2, -0.15) is 13.2 Å². The first kappa shape index (κ1) is 15.6. The summed E-state index contributed by atoms with van der Waals surface area (Å²) >= 11 is 0. The molecule has 1 aromatic carbocycles. The molecule has 0 atom stereocenters. The van der Waals surface area contributed by atoms with Crippen LogP contribution in [0.15, 0.2) is 46.1 Å².